The molecule has 13 heavy (non-hydrogen) atoms. The van der Waals surface area contributed by atoms with Gasteiger partial charge in [-0.1, -0.05) is 29.5 Å². The van der Waals surface area contributed by atoms with Crippen LogP contribution in [0.25, 0.3) is 0 Å². The van der Waals surface area contributed by atoms with Crippen LogP contribution in [0.2, 0.25) is 0 Å². The van der Waals surface area contributed by atoms with Crippen molar-refractivity contribution in [3.05, 3.63) is 0 Å². The molecule has 0 fully saturated rings. The molecule has 0 saturated carbocycles. The topological polar surface area (TPSA) is 33.3 Å². The van der Waals surface area contributed by atoms with Gasteiger partial charge in [-0.05, 0) is 13.0 Å². The number of alkyl halides is 1. The van der Waals surface area contributed by atoms with Gasteiger partial charge in [-0.15, -0.1) is 0 Å². The highest BCUT2D eigenvalue weighted by atomic mass is 127. The lowest BCUT2D eigenvalue weighted by atomic mass is 10.5. The van der Waals surface area contributed by atoms with Gasteiger partial charge in [0, 0.05) is 24.1 Å². The lowest BCUT2D eigenvalue weighted by Crippen LogP contribution is -2.25. The number of halogens is 1. The second-order valence-electron chi connectivity index (χ2n) is 2.80. The minimum atomic E-state index is 0.824. The molecule has 80 valence electrons. The van der Waals surface area contributed by atoms with E-state index in [-0.39, 0.29) is 0 Å². The summed E-state index contributed by atoms with van der Waals surface area (Å²) in [6.45, 7) is 7.93. The van der Waals surface area contributed by atoms with Crippen LogP contribution in [0.1, 0.15) is 13.3 Å². The van der Waals surface area contributed by atoms with Crippen LogP contribution < -0.4 is 10.6 Å². The normalized spacial score (nSPS) is 10.6. The van der Waals surface area contributed by atoms with Gasteiger partial charge in [0.2, 0.25) is 0 Å². The number of ether oxygens (including phenoxy) is 1. The molecule has 0 bridgehead atoms. The third kappa shape index (κ3) is 12.6. The highest BCUT2D eigenvalue weighted by Crippen LogP contribution is 1.77. The highest BCUT2D eigenvalue weighted by Gasteiger charge is 1.88. The molecule has 0 rings (SSSR count). The van der Waals surface area contributed by atoms with Crippen molar-refractivity contribution < 1.29 is 4.74 Å². The summed E-state index contributed by atoms with van der Waals surface area (Å²) in [5.74, 6) is 0. The van der Waals surface area contributed by atoms with Crippen LogP contribution in [0.15, 0.2) is 0 Å². The van der Waals surface area contributed by atoms with Crippen LogP contribution in [0.5, 0.6) is 0 Å². The fraction of sp³-hybridized carbons (Fsp3) is 1.00. The molecule has 0 saturated heterocycles. The minimum absolute atomic E-state index is 0.824. The SMILES string of the molecule is CCCNCCOCCNCCI. The van der Waals surface area contributed by atoms with Crippen molar-refractivity contribution >= 4 is 22.6 Å². The zero-order valence-corrected chi connectivity index (χ0v) is 10.6. The molecule has 0 aliphatic rings. The van der Waals surface area contributed by atoms with E-state index in [0.29, 0.717) is 0 Å². The maximum absolute atomic E-state index is 5.40. The summed E-state index contributed by atoms with van der Waals surface area (Å²) in [6, 6.07) is 0. The Bertz CT molecular complexity index is 83.7. The number of hydrogen-bond acceptors (Lipinski definition) is 3. The third-order valence-electron chi connectivity index (χ3n) is 1.54. The average molecular weight is 300 g/mol. The summed E-state index contributed by atoms with van der Waals surface area (Å²) in [6.07, 6.45) is 1.19. The van der Waals surface area contributed by atoms with Gasteiger partial charge in [-0.2, -0.15) is 0 Å². The molecular weight excluding hydrogens is 279 g/mol. The van der Waals surface area contributed by atoms with Crippen LogP contribution in [0, 0.1) is 0 Å². The predicted molar refractivity (Wildman–Crippen MR) is 65.7 cm³/mol. The van der Waals surface area contributed by atoms with Gasteiger partial charge in [0.1, 0.15) is 0 Å². The van der Waals surface area contributed by atoms with Crippen LogP contribution >= 0.6 is 22.6 Å². The van der Waals surface area contributed by atoms with Gasteiger partial charge in [-0.3, -0.25) is 0 Å². The first-order chi connectivity index (χ1) is 6.41. The second-order valence-corrected chi connectivity index (χ2v) is 3.88. The molecule has 0 spiro atoms. The quantitative estimate of drug-likeness (QED) is 0.359. The van der Waals surface area contributed by atoms with Crippen molar-refractivity contribution in [1.29, 1.82) is 0 Å². The molecule has 0 aromatic carbocycles. The molecule has 0 aromatic heterocycles. The fourth-order valence-electron chi connectivity index (χ4n) is 0.884. The molecule has 0 radical (unpaired) electrons. The van der Waals surface area contributed by atoms with Crippen LogP contribution in [-0.2, 0) is 4.74 Å². The lowest BCUT2D eigenvalue weighted by Gasteiger charge is -2.05. The Morgan fingerprint density at radius 1 is 1.00 bits per heavy atom. The summed E-state index contributed by atoms with van der Waals surface area (Å²) in [4.78, 5) is 0. The highest BCUT2D eigenvalue weighted by molar-refractivity contribution is 14.1. The Morgan fingerprint density at radius 3 is 2.15 bits per heavy atom. The van der Waals surface area contributed by atoms with Gasteiger partial charge < -0.3 is 15.4 Å². The smallest absolute Gasteiger partial charge is 0.0591 e. The van der Waals surface area contributed by atoms with Crippen LogP contribution in [-0.4, -0.2) is 43.8 Å². The Kier molecular flexibility index (Phi) is 13.2. The number of rotatable bonds is 10. The van der Waals surface area contributed by atoms with E-state index in [1.165, 1.54) is 6.42 Å². The van der Waals surface area contributed by atoms with Crippen LogP contribution in [0.4, 0.5) is 0 Å². The second kappa shape index (κ2) is 12.6. The van der Waals surface area contributed by atoms with Gasteiger partial charge in [0.25, 0.3) is 0 Å². The molecule has 0 aromatic rings. The third-order valence-corrected chi connectivity index (χ3v) is 2.08. The van der Waals surface area contributed by atoms with Crippen molar-refractivity contribution in [3.8, 4) is 0 Å². The molecule has 0 amide bonds. The van der Waals surface area contributed by atoms with E-state index >= 15 is 0 Å². The van der Waals surface area contributed by atoms with Crippen molar-refractivity contribution in [2.75, 3.05) is 43.8 Å². The first kappa shape index (κ1) is 13.6. The van der Waals surface area contributed by atoms with E-state index in [4.69, 9.17) is 4.74 Å². The number of hydrogen-bond donors (Lipinski definition) is 2. The van der Waals surface area contributed by atoms with Gasteiger partial charge in [-0.25, -0.2) is 0 Å². The molecule has 0 atom stereocenters. The molecule has 0 aliphatic heterocycles. The first-order valence-electron chi connectivity index (χ1n) is 4.97. The van der Waals surface area contributed by atoms with Gasteiger partial charge in [0.05, 0.1) is 13.2 Å². The summed E-state index contributed by atoms with van der Waals surface area (Å²) in [5.41, 5.74) is 0. The monoisotopic (exact) mass is 300 g/mol. The van der Waals surface area contributed by atoms with E-state index in [9.17, 15) is 0 Å². The molecule has 0 aliphatic carbocycles. The molecule has 0 unspecified atom stereocenters. The maximum Gasteiger partial charge on any atom is 0.0591 e. The van der Waals surface area contributed by atoms with E-state index in [2.05, 4.69) is 40.1 Å². The summed E-state index contributed by atoms with van der Waals surface area (Å²) >= 11 is 2.36. The van der Waals surface area contributed by atoms with Gasteiger partial charge >= 0.3 is 0 Å². The van der Waals surface area contributed by atoms with Crippen molar-refractivity contribution in [2.45, 2.75) is 13.3 Å². The lowest BCUT2D eigenvalue weighted by molar-refractivity contribution is 0.138. The molecule has 3 nitrogen and oxygen atoms in total. The zero-order chi connectivity index (χ0) is 9.78. The summed E-state index contributed by atoms with van der Waals surface area (Å²) in [5, 5.41) is 6.57. The van der Waals surface area contributed by atoms with Crippen molar-refractivity contribution in [1.82, 2.24) is 10.6 Å². The Labute approximate surface area is 95.1 Å². The molecular formula is C9H21IN2O. The van der Waals surface area contributed by atoms with E-state index in [1.807, 2.05) is 0 Å². The largest absolute Gasteiger partial charge is 0.379 e. The fourth-order valence-corrected chi connectivity index (χ4v) is 1.27. The maximum atomic E-state index is 5.40. The Hall–Kier alpha value is 0.610. The van der Waals surface area contributed by atoms with E-state index in [1.54, 1.807) is 0 Å². The zero-order valence-electron chi connectivity index (χ0n) is 8.44. The van der Waals surface area contributed by atoms with E-state index in [0.717, 1.165) is 43.8 Å². The Morgan fingerprint density at radius 2 is 1.62 bits per heavy atom. The van der Waals surface area contributed by atoms with Gasteiger partial charge in [0.15, 0.2) is 0 Å². The predicted octanol–water partition coefficient (Wildman–Crippen LogP) is 1.03. The van der Waals surface area contributed by atoms with Crippen molar-refractivity contribution in [3.63, 3.8) is 0 Å². The van der Waals surface area contributed by atoms with Crippen LogP contribution in [0.3, 0.4) is 0 Å². The molecule has 0 heterocycles. The molecule has 2 N–H and O–H groups in total. The molecule has 4 heteroatoms. The number of nitrogens with one attached hydrogen (secondary N) is 2. The summed E-state index contributed by atoms with van der Waals surface area (Å²) in [7, 11) is 0. The first-order valence-corrected chi connectivity index (χ1v) is 6.49. The van der Waals surface area contributed by atoms with Crippen molar-refractivity contribution in [2.24, 2.45) is 0 Å². The average Bonchev–Trinajstić information content (AvgIpc) is 2.16. The Balaban J connectivity index is 2.76. The summed E-state index contributed by atoms with van der Waals surface area (Å²) < 4.78 is 6.56. The standard InChI is InChI=1S/C9H21IN2O/c1-2-4-11-6-8-13-9-7-12-5-3-10/h11-12H,2-9H2,1H3. The van der Waals surface area contributed by atoms with E-state index < -0.39 is 0 Å². The minimum Gasteiger partial charge on any atom is -0.379 e.